The van der Waals surface area contributed by atoms with E-state index < -0.39 is 0 Å². The van der Waals surface area contributed by atoms with E-state index in [1.165, 1.54) is 0 Å². The Morgan fingerprint density at radius 1 is 1.50 bits per heavy atom. The fourth-order valence-corrected chi connectivity index (χ4v) is 2.29. The van der Waals surface area contributed by atoms with Crippen LogP contribution >= 0.6 is 23.4 Å². The molecule has 0 N–H and O–H groups in total. The molecule has 1 aromatic heterocycles. The Hall–Kier alpha value is -0.740. The molecule has 0 spiro atoms. The van der Waals surface area contributed by atoms with Gasteiger partial charge < -0.3 is 4.90 Å². The number of hydrogen-bond acceptors (Lipinski definition) is 3. The molecule has 0 unspecified atom stereocenters. The molecule has 0 bridgehead atoms. The summed E-state index contributed by atoms with van der Waals surface area (Å²) < 4.78 is 0. The number of aromatic nitrogens is 1. The monoisotopic (exact) mass is 286 g/mol. The number of thioether (sulfide) groups is 1. The first-order valence-corrected chi connectivity index (χ1v) is 7.76. The van der Waals surface area contributed by atoms with Crippen molar-refractivity contribution in [3.63, 3.8) is 0 Å². The van der Waals surface area contributed by atoms with Crippen LogP contribution in [0.1, 0.15) is 29.4 Å². The van der Waals surface area contributed by atoms with Crippen LogP contribution in [-0.2, 0) is 6.42 Å². The van der Waals surface area contributed by atoms with Gasteiger partial charge in [0.2, 0.25) is 0 Å². The van der Waals surface area contributed by atoms with Crippen molar-refractivity contribution >= 4 is 29.3 Å². The molecule has 1 rings (SSSR count). The molecule has 5 heteroatoms. The number of carbonyl (C=O) groups is 1. The van der Waals surface area contributed by atoms with Gasteiger partial charge in [-0.1, -0.05) is 24.9 Å². The van der Waals surface area contributed by atoms with Gasteiger partial charge in [-0.3, -0.25) is 4.79 Å². The molecule has 1 aromatic rings. The van der Waals surface area contributed by atoms with Crippen molar-refractivity contribution in [3.8, 4) is 0 Å². The molecule has 1 amide bonds. The summed E-state index contributed by atoms with van der Waals surface area (Å²) in [7, 11) is 1.81. The third-order valence-electron chi connectivity index (χ3n) is 2.58. The summed E-state index contributed by atoms with van der Waals surface area (Å²) in [5, 5.41) is 0.391. The number of carbonyl (C=O) groups excluding carboxylic acids is 1. The lowest BCUT2D eigenvalue weighted by molar-refractivity contribution is 0.0803. The smallest absolute Gasteiger partial charge is 0.253 e. The van der Waals surface area contributed by atoms with Crippen molar-refractivity contribution in [2.45, 2.75) is 19.8 Å². The first-order chi connectivity index (χ1) is 8.58. The Kier molecular flexibility index (Phi) is 6.50. The van der Waals surface area contributed by atoms with Crippen molar-refractivity contribution < 1.29 is 4.79 Å². The van der Waals surface area contributed by atoms with Crippen LogP contribution in [-0.4, -0.2) is 41.4 Å². The van der Waals surface area contributed by atoms with Crippen LogP contribution in [0.25, 0.3) is 0 Å². The molecule has 0 aliphatic rings. The summed E-state index contributed by atoms with van der Waals surface area (Å²) in [6.45, 7) is 2.82. The largest absolute Gasteiger partial charge is 0.341 e. The van der Waals surface area contributed by atoms with Gasteiger partial charge in [-0.2, -0.15) is 11.8 Å². The molecule has 0 aliphatic carbocycles. The normalized spacial score (nSPS) is 10.4. The van der Waals surface area contributed by atoms with E-state index in [2.05, 4.69) is 11.9 Å². The molecule has 0 atom stereocenters. The highest BCUT2D eigenvalue weighted by Crippen LogP contribution is 2.14. The average Bonchev–Trinajstić information content (AvgIpc) is 2.34. The summed E-state index contributed by atoms with van der Waals surface area (Å²) in [4.78, 5) is 18.1. The molecule has 0 aromatic carbocycles. The van der Waals surface area contributed by atoms with E-state index in [1.54, 1.807) is 22.7 Å². The third-order valence-corrected chi connectivity index (χ3v) is 3.36. The van der Waals surface area contributed by atoms with Crippen LogP contribution in [0.4, 0.5) is 0 Å². The Morgan fingerprint density at radius 2 is 2.22 bits per heavy atom. The Bertz CT molecular complexity index is 412. The Morgan fingerprint density at radius 3 is 2.83 bits per heavy atom. The average molecular weight is 287 g/mol. The maximum atomic E-state index is 12.2. The predicted octanol–water partition coefficient (Wildman–Crippen LogP) is 3.12. The van der Waals surface area contributed by atoms with E-state index in [9.17, 15) is 4.79 Å². The number of nitrogens with zero attached hydrogens (tertiary/aromatic N) is 2. The molecule has 18 heavy (non-hydrogen) atoms. The van der Waals surface area contributed by atoms with Crippen LogP contribution in [0.5, 0.6) is 0 Å². The predicted molar refractivity (Wildman–Crippen MR) is 78.6 cm³/mol. The van der Waals surface area contributed by atoms with Crippen molar-refractivity contribution in [1.82, 2.24) is 9.88 Å². The molecule has 0 saturated carbocycles. The maximum Gasteiger partial charge on any atom is 0.253 e. The number of halogens is 1. The zero-order valence-electron chi connectivity index (χ0n) is 11.1. The van der Waals surface area contributed by atoms with E-state index in [1.807, 2.05) is 19.4 Å². The number of pyridine rings is 1. The van der Waals surface area contributed by atoms with E-state index in [-0.39, 0.29) is 5.91 Å². The van der Waals surface area contributed by atoms with Crippen LogP contribution in [0.2, 0.25) is 5.15 Å². The number of aryl methyl sites for hydroxylation is 1. The van der Waals surface area contributed by atoms with Gasteiger partial charge in [-0.15, -0.1) is 0 Å². The molecule has 0 aliphatic heterocycles. The van der Waals surface area contributed by atoms with E-state index >= 15 is 0 Å². The van der Waals surface area contributed by atoms with Crippen LogP contribution in [0.15, 0.2) is 12.1 Å². The molecule has 1 heterocycles. The van der Waals surface area contributed by atoms with Crippen LogP contribution < -0.4 is 0 Å². The third kappa shape index (κ3) is 4.50. The highest BCUT2D eigenvalue weighted by Gasteiger charge is 2.13. The maximum absolute atomic E-state index is 12.2. The van der Waals surface area contributed by atoms with Gasteiger partial charge in [0.15, 0.2) is 0 Å². The first-order valence-electron chi connectivity index (χ1n) is 5.99. The lowest BCUT2D eigenvalue weighted by Gasteiger charge is -2.17. The van der Waals surface area contributed by atoms with Crippen molar-refractivity contribution in [2.75, 3.05) is 25.6 Å². The second-order valence-corrected chi connectivity index (χ2v) is 5.51. The second-order valence-electron chi connectivity index (χ2n) is 4.14. The summed E-state index contributed by atoms with van der Waals surface area (Å²) in [5.74, 6) is 0.939. The SMILES string of the molecule is CCCc1cc(C(=O)N(C)CCSC)cc(Cl)n1. The lowest BCUT2D eigenvalue weighted by atomic mass is 10.1. The highest BCUT2D eigenvalue weighted by molar-refractivity contribution is 7.98. The number of amides is 1. The highest BCUT2D eigenvalue weighted by atomic mass is 35.5. The zero-order valence-corrected chi connectivity index (χ0v) is 12.6. The molecule has 100 valence electrons. The summed E-state index contributed by atoms with van der Waals surface area (Å²) in [6.07, 6.45) is 3.86. The van der Waals surface area contributed by atoms with Gasteiger partial charge in [0.25, 0.3) is 5.91 Å². The topological polar surface area (TPSA) is 33.2 Å². The van der Waals surface area contributed by atoms with Gasteiger partial charge in [-0.25, -0.2) is 4.98 Å². The standard InChI is InChI=1S/C13H19ClN2OS/c1-4-5-11-8-10(9-12(14)15-11)13(17)16(2)6-7-18-3/h8-9H,4-7H2,1-3H3. The molecular formula is C13H19ClN2OS. The summed E-state index contributed by atoms with van der Waals surface area (Å²) in [5.41, 5.74) is 1.51. The lowest BCUT2D eigenvalue weighted by Crippen LogP contribution is -2.29. The number of rotatable bonds is 6. The zero-order chi connectivity index (χ0) is 13.5. The second kappa shape index (κ2) is 7.64. The van der Waals surface area contributed by atoms with Gasteiger partial charge in [-0.05, 0) is 24.8 Å². The van der Waals surface area contributed by atoms with Crippen molar-refractivity contribution in [3.05, 3.63) is 28.5 Å². The van der Waals surface area contributed by atoms with Gasteiger partial charge in [0.1, 0.15) is 5.15 Å². The summed E-state index contributed by atoms with van der Waals surface area (Å²) in [6, 6.07) is 3.48. The molecule has 0 fully saturated rings. The molecule has 0 saturated heterocycles. The molecular weight excluding hydrogens is 268 g/mol. The van der Waals surface area contributed by atoms with Gasteiger partial charge in [0, 0.05) is 30.6 Å². The van der Waals surface area contributed by atoms with Gasteiger partial charge in [0.05, 0.1) is 0 Å². The van der Waals surface area contributed by atoms with E-state index in [0.717, 1.165) is 30.8 Å². The summed E-state index contributed by atoms with van der Waals surface area (Å²) >= 11 is 7.68. The van der Waals surface area contributed by atoms with Crippen molar-refractivity contribution in [1.29, 1.82) is 0 Å². The van der Waals surface area contributed by atoms with Crippen molar-refractivity contribution in [2.24, 2.45) is 0 Å². The fraction of sp³-hybridized carbons (Fsp3) is 0.538. The minimum absolute atomic E-state index is 0.00528. The Labute approximate surface area is 118 Å². The molecule has 3 nitrogen and oxygen atoms in total. The minimum atomic E-state index is 0.00528. The fourth-order valence-electron chi connectivity index (χ4n) is 1.61. The van der Waals surface area contributed by atoms with E-state index in [4.69, 9.17) is 11.6 Å². The van der Waals surface area contributed by atoms with Crippen LogP contribution in [0.3, 0.4) is 0 Å². The van der Waals surface area contributed by atoms with Crippen LogP contribution in [0, 0.1) is 0 Å². The molecule has 0 radical (unpaired) electrons. The first kappa shape index (κ1) is 15.3. The quantitative estimate of drug-likeness (QED) is 0.754. The minimum Gasteiger partial charge on any atom is -0.341 e. The van der Waals surface area contributed by atoms with Gasteiger partial charge >= 0.3 is 0 Å². The van der Waals surface area contributed by atoms with E-state index in [0.29, 0.717) is 10.7 Å². The number of hydrogen-bond donors (Lipinski definition) is 0. The Balaban J connectivity index is 2.84.